The van der Waals surface area contributed by atoms with E-state index in [9.17, 15) is 0 Å². The quantitative estimate of drug-likeness (QED) is 0.544. The Labute approximate surface area is 62.9 Å². The largest absolute Gasteiger partial charge is 0.0988 e. The van der Waals surface area contributed by atoms with Crippen LogP contribution in [0.4, 0.5) is 0 Å². The minimum atomic E-state index is 1.23. The standard InChI is InChI=1S/C10H14/c1-3-6-10-8-5-7-9(10)4-2/h3-4,6H,2,5,7-8H2,1H3/b6-3+. The van der Waals surface area contributed by atoms with Gasteiger partial charge in [-0.2, -0.15) is 0 Å². The summed E-state index contributed by atoms with van der Waals surface area (Å²) in [4.78, 5) is 0. The van der Waals surface area contributed by atoms with Gasteiger partial charge in [0, 0.05) is 0 Å². The summed E-state index contributed by atoms with van der Waals surface area (Å²) in [6.07, 6.45) is 10.1. The minimum absolute atomic E-state index is 1.23. The average Bonchev–Trinajstić information content (AvgIpc) is 2.36. The van der Waals surface area contributed by atoms with Crippen LogP contribution in [-0.4, -0.2) is 0 Å². The Morgan fingerprint density at radius 1 is 1.30 bits per heavy atom. The molecule has 0 aromatic heterocycles. The SMILES string of the molecule is C=CC1=C(/C=C/C)CCC1. The second-order valence-electron chi connectivity index (χ2n) is 2.61. The first-order valence-electron chi connectivity index (χ1n) is 3.85. The monoisotopic (exact) mass is 134 g/mol. The highest BCUT2D eigenvalue weighted by molar-refractivity contribution is 5.35. The zero-order chi connectivity index (χ0) is 7.40. The van der Waals surface area contributed by atoms with Crippen LogP contribution < -0.4 is 0 Å². The van der Waals surface area contributed by atoms with Gasteiger partial charge in [0.25, 0.3) is 0 Å². The fourth-order valence-corrected chi connectivity index (χ4v) is 1.42. The third kappa shape index (κ3) is 1.38. The summed E-state index contributed by atoms with van der Waals surface area (Å²) in [5, 5.41) is 0. The Bertz CT molecular complexity index is 182. The van der Waals surface area contributed by atoms with Crippen LogP contribution in [-0.2, 0) is 0 Å². The Balaban J connectivity index is 2.77. The van der Waals surface area contributed by atoms with Gasteiger partial charge in [-0.25, -0.2) is 0 Å². The van der Waals surface area contributed by atoms with Gasteiger partial charge in [0.2, 0.25) is 0 Å². The molecule has 0 amide bonds. The summed E-state index contributed by atoms with van der Waals surface area (Å²) in [5.74, 6) is 0. The average molecular weight is 134 g/mol. The lowest BCUT2D eigenvalue weighted by Gasteiger charge is -1.93. The second kappa shape index (κ2) is 3.40. The van der Waals surface area contributed by atoms with Crippen LogP contribution in [0.25, 0.3) is 0 Å². The molecule has 0 nitrogen and oxygen atoms in total. The van der Waals surface area contributed by atoms with Crippen molar-refractivity contribution in [3.05, 3.63) is 36.0 Å². The molecule has 1 aliphatic carbocycles. The van der Waals surface area contributed by atoms with Crippen molar-refractivity contribution in [3.63, 3.8) is 0 Å². The topological polar surface area (TPSA) is 0 Å². The Morgan fingerprint density at radius 3 is 2.60 bits per heavy atom. The first kappa shape index (κ1) is 7.33. The predicted molar refractivity (Wildman–Crippen MR) is 45.9 cm³/mol. The summed E-state index contributed by atoms with van der Waals surface area (Å²) in [5.41, 5.74) is 2.93. The Hall–Kier alpha value is -0.780. The van der Waals surface area contributed by atoms with E-state index in [2.05, 4.69) is 25.7 Å². The molecule has 0 radical (unpaired) electrons. The smallest absolute Gasteiger partial charge is 0.0273 e. The fourth-order valence-electron chi connectivity index (χ4n) is 1.42. The Kier molecular flexibility index (Phi) is 2.49. The highest BCUT2D eigenvalue weighted by Gasteiger charge is 2.07. The lowest BCUT2D eigenvalue weighted by atomic mass is 10.1. The van der Waals surface area contributed by atoms with Crippen molar-refractivity contribution in [1.82, 2.24) is 0 Å². The normalized spacial score (nSPS) is 18.9. The maximum absolute atomic E-state index is 3.78. The van der Waals surface area contributed by atoms with Gasteiger partial charge in [-0.05, 0) is 37.3 Å². The molecule has 0 fully saturated rings. The predicted octanol–water partition coefficient (Wildman–Crippen LogP) is 3.23. The van der Waals surface area contributed by atoms with E-state index < -0.39 is 0 Å². The molecule has 0 aromatic rings. The Morgan fingerprint density at radius 2 is 2.00 bits per heavy atom. The number of hydrogen-bond donors (Lipinski definition) is 0. The molecule has 0 bridgehead atoms. The fraction of sp³-hybridized carbons (Fsp3) is 0.400. The van der Waals surface area contributed by atoms with Crippen LogP contribution in [0.5, 0.6) is 0 Å². The number of hydrogen-bond acceptors (Lipinski definition) is 0. The van der Waals surface area contributed by atoms with Gasteiger partial charge in [-0.15, -0.1) is 0 Å². The van der Waals surface area contributed by atoms with Crippen molar-refractivity contribution in [2.75, 3.05) is 0 Å². The van der Waals surface area contributed by atoms with Crippen molar-refractivity contribution in [1.29, 1.82) is 0 Å². The molecule has 1 aliphatic rings. The van der Waals surface area contributed by atoms with Gasteiger partial charge < -0.3 is 0 Å². The molecule has 0 saturated heterocycles. The molecule has 54 valence electrons. The van der Waals surface area contributed by atoms with Gasteiger partial charge in [-0.3, -0.25) is 0 Å². The maximum atomic E-state index is 3.78. The van der Waals surface area contributed by atoms with E-state index in [1.165, 1.54) is 30.4 Å². The molecule has 0 N–H and O–H groups in total. The van der Waals surface area contributed by atoms with E-state index in [0.717, 1.165) is 0 Å². The number of rotatable bonds is 2. The molecule has 10 heavy (non-hydrogen) atoms. The van der Waals surface area contributed by atoms with E-state index in [0.29, 0.717) is 0 Å². The first-order chi connectivity index (χ1) is 4.88. The van der Waals surface area contributed by atoms with Crippen LogP contribution >= 0.6 is 0 Å². The minimum Gasteiger partial charge on any atom is -0.0988 e. The summed E-state index contributed by atoms with van der Waals surface area (Å²) >= 11 is 0. The van der Waals surface area contributed by atoms with Crippen molar-refractivity contribution in [2.45, 2.75) is 26.2 Å². The zero-order valence-electron chi connectivity index (χ0n) is 6.56. The molecule has 0 saturated carbocycles. The van der Waals surface area contributed by atoms with Gasteiger partial charge in [0.05, 0.1) is 0 Å². The van der Waals surface area contributed by atoms with Gasteiger partial charge >= 0.3 is 0 Å². The first-order valence-corrected chi connectivity index (χ1v) is 3.85. The molecule has 0 unspecified atom stereocenters. The zero-order valence-corrected chi connectivity index (χ0v) is 6.56. The van der Waals surface area contributed by atoms with E-state index in [1.807, 2.05) is 6.08 Å². The van der Waals surface area contributed by atoms with Gasteiger partial charge in [0.15, 0.2) is 0 Å². The van der Waals surface area contributed by atoms with Gasteiger partial charge in [-0.1, -0.05) is 24.8 Å². The third-order valence-corrected chi connectivity index (χ3v) is 1.92. The molecular formula is C10H14. The molecule has 0 spiro atoms. The molecule has 0 heteroatoms. The lowest BCUT2D eigenvalue weighted by Crippen LogP contribution is -1.73. The number of allylic oxidation sites excluding steroid dienone is 5. The van der Waals surface area contributed by atoms with Crippen molar-refractivity contribution in [3.8, 4) is 0 Å². The van der Waals surface area contributed by atoms with Crippen LogP contribution in [0.1, 0.15) is 26.2 Å². The van der Waals surface area contributed by atoms with Crippen molar-refractivity contribution < 1.29 is 0 Å². The summed E-state index contributed by atoms with van der Waals surface area (Å²) < 4.78 is 0. The molecule has 0 heterocycles. The van der Waals surface area contributed by atoms with Crippen LogP contribution in [0.15, 0.2) is 36.0 Å². The second-order valence-corrected chi connectivity index (χ2v) is 2.61. The van der Waals surface area contributed by atoms with Crippen molar-refractivity contribution >= 4 is 0 Å². The van der Waals surface area contributed by atoms with E-state index in [-0.39, 0.29) is 0 Å². The molecular weight excluding hydrogens is 120 g/mol. The van der Waals surface area contributed by atoms with E-state index >= 15 is 0 Å². The highest BCUT2D eigenvalue weighted by atomic mass is 14.1. The summed E-state index contributed by atoms with van der Waals surface area (Å²) in [6.45, 7) is 5.84. The molecule has 0 atom stereocenters. The van der Waals surface area contributed by atoms with E-state index in [1.54, 1.807) is 0 Å². The molecule has 0 aromatic carbocycles. The van der Waals surface area contributed by atoms with Crippen LogP contribution in [0.2, 0.25) is 0 Å². The van der Waals surface area contributed by atoms with Crippen LogP contribution in [0, 0.1) is 0 Å². The maximum Gasteiger partial charge on any atom is -0.0273 e. The summed E-state index contributed by atoms with van der Waals surface area (Å²) in [6, 6.07) is 0. The lowest BCUT2D eigenvalue weighted by molar-refractivity contribution is 0.906. The molecule has 1 rings (SSSR count). The van der Waals surface area contributed by atoms with Crippen LogP contribution in [0.3, 0.4) is 0 Å². The summed E-state index contributed by atoms with van der Waals surface area (Å²) in [7, 11) is 0. The molecule has 0 aliphatic heterocycles. The van der Waals surface area contributed by atoms with E-state index in [4.69, 9.17) is 0 Å². The highest BCUT2D eigenvalue weighted by Crippen LogP contribution is 2.27. The third-order valence-electron chi connectivity index (χ3n) is 1.92. The van der Waals surface area contributed by atoms with Crippen molar-refractivity contribution in [2.24, 2.45) is 0 Å². The van der Waals surface area contributed by atoms with Gasteiger partial charge in [0.1, 0.15) is 0 Å².